The van der Waals surface area contributed by atoms with Crippen LogP contribution in [0.15, 0.2) is 24.7 Å². The predicted molar refractivity (Wildman–Crippen MR) is 74.4 cm³/mol. The Morgan fingerprint density at radius 1 is 1.30 bits per heavy atom. The van der Waals surface area contributed by atoms with E-state index in [0.29, 0.717) is 5.56 Å². The third-order valence-corrected chi connectivity index (χ3v) is 3.57. The first-order valence-electron chi connectivity index (χ1n) is 6.19. The molecule has 1 N–H and O–H groups in total. The molecule has 120 valence electrons. The average Bonchev–Trinajstić information content (AvgIpc) is 3.01. The maximum atomic E-state index is 13.3. The van der Waals surface area contributed by atoms with Crippen LogP contribution in [0.5, 0.6) is 0 Å². The molecular weight excluding hydrogens is 337 g/mol. The number of rotatable bonds is 2. The number of carboxylic acids is 1. The van der Waals surface area contributed by atoms with Crippen molar-refractivity contribution in [1.29, 1.82) is 0 Å². The summed E-state index contributed by atoms with van der Waals surface area (Å²) in [6.07, 6.45) is -0.498. The van der Waals surface area contributed by atoms with E-state index < -0.39 is 34.2 Å². The van der Waals surface area contributed by atoms with Gasteiger partial charge in [-0.15, -0.1) is 0 Å². The van der Waals surface area contributed by atoms with Crippen LogP contribution >= 0.6 is 11.6 Å². The van der Waals surface area contributed by atoms with Crippen LogP contribution in [0.4, 0.5) is 13.2 Å². The van der Waals surface area contributed by atoms with E-state index >= 15 is 0 Å². The van der Waals surface area contributed by atoms with E-state index in [1.54, 1.807) is 7.05 Å². The molecule has 0 bridgehead atoms. The van der Waals surface area contributed by atoms with Crippen LogP contribution in [-0.2, 0) is 13.2 Å². The monoisotopic (exact) mass is 344 g/mol. The third kappa shape index (κ3) is 2.52. The molecule has 0 aliphatic heterocycles. The molecular formula is C13H8ClF3N4O2. The highest BCUT2D eigenvalue weighted by atomic mass is 35.5. The second kappa shape index (κ2) is 4.98. The Kier molecular flexibility index (Phi) is 3.33. The van der Waals surface area contributed by atoms with Crippen LogP contribution in [0.3, 0.4) is 0 Å². The highest BCUT2D eigenvalue weighted by Crippen LogP contribution is 2.36. The number of pyridine rings is 1. The van der Waals surface area contributed by atoms with Crippen LogP contribution in [0.2, 0.25) is 5.15 Å². The van der Waals surface area contributed by atoms with Gasteiger partial charge in [-0.3, -0.25) is 9.08 Å². The minimum absolute atomic E-state index is 0.189. The van der Waals surface area contributed by atoms with Gasteiger partial charge in [0.15, 0.2) is 11.3 Å². The van der Waals surface area contributed by atoms with Crippen molar-refractivity contribution in [3.63, 3.8) is 0 Å². The van der Waals surface area contributed by atoms with Gasteiger partial charge in [0.25, 0.3) is 0 Å². The summed E-state index contributed by atoms with van der Waals surface area (Å²) in [4.78, 5) is 14.6. The Bertz CT molecular complexity index is 929. The van der Waals surface area contributed by atoms with Crippen molar-refractivity contribution in [2.24, 2.45) is 7.05 Å². The summed E-state index contributed by atoms with van der Waals surface area (Å²) in [6.45, 7) is 0. The molecule has 0 atom stereocenters. The summed E-state index contributed by atoms with van der Waals surface area (Å²) in [5.74, 6) is -1.50. The van der Waals surface area contributed by atoms with Gasteiger partial charge in [0.05, 0.1) is 11.8 Å². The number of alkyl halides is 3. The standard InChI is InChI=1S/C13H8ClF3N4O2/c1-20-4-7(3-18-20)6-2-8(13(15,16)17)11-19-9(12(22)23)10(14)21(11)5-6/h2-5H,1H3,(H,22,23). The maximum Gasteiger partial charge on any atom is 0.420 e. The number of hydrogen-bond acceptors (Lipinski definition) is 3. The minimum atomic E-state index is -4.72. The van der Waals surface area contributed by atoms with Crippen molar-refractivity contribution in [2.75, 3.05) is 0 Å². The minimum Gasteiger partial charge on any atom is -0.476 e. The highest BCUT2D eigenvalue weighted by Gasteiger charge is 2.36. The van der Waals surface area contributed by atoms with Crippen molar-refractivity contribution >= 4 is 23.2 Å². The summed E-state index contributed by atoms with van der Waals surface area (Å²) >= 11 is 5.87. The predicted octanol–water partition coefficient (Wildman–Crippen LogP) is 3.11. The molecule has 23 heavy (non-hydrogen) atoms. The first kappa shape index (κ1) is 15.3. The lowest BCUT2D eigenvalue weighted by atomic mass is 10.1. The maximum absolute atomic E-state index is 13.3. The SMILES string of the molecule is Cn1cc(-c2cc(C(F)(F)F)c3nc(C(=O)O)c(Cl)n3c2)cn1. The molecule has 3 rings (SSSR count). The number of hydrogen-bond donors (Lipinski definition) is 1. The molecule has 0 amide bonds. The van der Waals surface area contributed by atoms with Crippen LogP contribution in [0, 0.1) is 0 Å². The highest BCUT2D eigenvalue weighted by molar-refractivity contribution is 6.32. The number of halogens is 4. The molecule has 6 nitrogen and oxygen atoms in total. The second-order valence-corrected chi connectivity index (χ2v) is 5.15. The molecule has 0 aromatic carbocycles. The fraction of sp³-hybridized carbons (Fsp3) is 0.154. The second-order valence-electron chi connectivity index (χ2n) is 4.79. The summed E-state index contributed by atoms with van der Waals surface area (Å²) in [6, 6.07) is 0.890. The lowest BCUT2D eigenvalue weighted by Crippen LogP contribution is -2.08. The molecule has 0 spiro atoms. The van der Waals surface area contributed by atoms with Gasteiger partial charge in [0, 0.05) is 30.6 Å². The zero-order chi connectivity index (χ0) is 16.9. The quantitative estimate of drug-likeness (QED) is 0.775. The van der Waals surface area contributed by atoms with Gasteiger partial charge in [-0.05, 0) is 6.07 Å². The Balaban J connectivity index is 2.37. The van der Waals surface area contributed by atoms with Gasteiger partial charge in [-0.1, -0.05) is 11.6 Å². The van der Waals surface area contributed by atoms with Crippen LogP contribution in [0.25, 0.3) is 16.8 Å². The van der Waals surface area contributed by atoms with Gasteiger partial charge >= 0.3 is 12.1 Å². The van der Waals surface area contributed by atoms with Gasteiger partial charge in [-0.25, -0.2) is 9.78 Å². The van der Waals surface area contributed by atoms with Gasteiger partial charge in [0.2, 0.25) is 0 Å². The molecule has 3 aromatic heterocycles. The van der Waals surface area contributed by atoms with Crippen molar-refractivity contribution < 1.29 is 23.1 Å². The van der Waals surface area contributed by atoms with E-state index in [1.165, 1.54) is 23.3 Å². The number of carbonyl (C=O) groups is 1. The average molecular weight is 345 g/mol. The summed E-state index contributed by atoms with van der Waals surface area (Å²) < 4.78 is 42.2. The van der Waals surface area contributed by atoms with Gasteiger partial charge < -0.3 is 5.11 Å². The normalized spacial score (nSPS) is 12.0. The number of aromatic carboxylic acids is 1. The Morgan fingerprint density at radius 2 is 2.00 bits per heavy atom. The fourth-order valence-electron chi connectivity index (χ4n) is 2.19. The molecule has 0 unspecified atom stereocenters. The largest absolute Gasteiger partial charge is 0.476 e. The molecule has 10 heteroatoms. The molecule has 0 fully saturated rings. The zero-order valence-corrected chi connectivity index (χ0v) is 12.2. The number of imidazole rings is 1. The Labute approximate surface area is 131 Å². The molecule has 3 aromatic rings. The number of fused-ring (bicyclic) bond motifs is 1. The van der Waals surface area contributed by atoms with Gasteiger partial charge in [0.1, 0.15) is 5.15 Å². The fourth-order valence-corrected chi connectivity index (χ4v) is 2.44. The van der Waals surface area contributed by atoms with Crippen molar-refractivity contribution in [2.45, 2.75) is 6.18 Å². The van der Waals surface area contributed by atoms with Crippen LogP contribution in [0.1, 0.15) is 16.1 Å². The van der Waals surface area contributed by atoms with E-state index in [1.807, 2.05) is 0 Å². The van der Waals surface area contributed by atoms with E-state index in [9.17, 15) is 18.0 Å². The summed E-state index contributed by atoms with van der Waals surface area (Å²) in [7, 11) is 1.62. The van der Waals surface area contributed by atoms with Crippen molar-refractivity contribution in [3.05, 3.63) is 41.1 Å². The molecule has 3 heterocycles. The molecule has 0 saturated heterocycles. The van der Waals surface area contributed by atoms with E-state index in [2.05, 4.69) is 10.1 Å². The first-order valence-corrected chi connectivity index (χ1v) is 6.57. The zero-order valence-electron chi connectivity index (χ0n) is 11.5. The molecule has 0 radical (unpaired) electrons. The number of nitrogens with zero attached hydrogens (tertiary/aromatic N) is 4. The topological polar surface area (TPSA) is 72.4 Å². The summed E-state index contributed by atoms with van der Waals surface area (Å²) in [5.41, 5.74) is -1.66. The molecule has 0 aliphatic rings. The van der Waals surface area contributed by atoms with Crippen molar-refractivity contribution in [1.82, 2.24) is 19.2 Å². The lowest BCUT2D eigenvalue weighted by Gasteiger charge is -2.10. The molecule has 0 aliphatic carbocycles. The van der Waals surface area contributed by atoms with E-state index in [0.717, 1.165) is 10.5 Å². The lowest BCUT2D eigenvalue weighted by molar-refractivity contribution is -0.136. The summed E-state index contributed by atoms with van der Waals surface area (Å²) in [5, 5.41) is 12.5. The number of aromatic nitrogens is 4. The Hall–Kier alpha value is -2.55. The Morgan fingerprint density at radius 3 is 2.52 bits per heavy atom. The third-order valence-electron chi connectivity index (χ3n) is 3.21. The first-order chi connectivity index (χ1) is 10.7. The number of aryl methyl sites for hydroxylation is 1. The number of carboxylic acid groups (broad SMARTS) is 1. The van der Waals surface area contributed by atoms with Gasteiger partial charge in [-0.2, -0.15) is 18.3 Å². The smallest absolute Gasteiger partial charge is 0.420 e. The molecule has 0 saturated carbocycles. The van der Waals surface area contributed by atoms with Crippen LogP contribution < -0.4 is 0 Å². The van der Waals surface area contributed by atoms with E-state index in [-0.39, 0.29) is 5.56 Å². The van der Waals surface area contributed by atoms with Crippen LogP contribution in [-0.4, -0.2) is 30.2 Å². The van der Waals surface area contributed by atoms with E-state index in [4.69, 9.17) is 16.7 Å². The van der Waals surface area contributed by atoms with Crippen molar-refractivity contribution in [3.8, 4) is 11.1 Å².